The van der Waals surface area contributed by atoms with Crippen LogP contribution in [0, 0.1) is 23.7 Å². The molecule has 11 N–H and O–H groups in total. The van der Waals surface area contributed by atoms with E-state index in [0.717, 1.165) is 16.5 Å². The molecule has 1 aliphatic heterocycles. The summed E-state index contributed by atoms with van der Waals surface area (Å²) in [6.07, 6.45) is 3.75. The monoisotopic (exact) mass is 1090 g/mol. The van der Waals surface area contributed by atoms with Crippen LogP contribution in [0.15, 0.2) is 91.1 Å². The number of fused-ring (bicyclic) bond motifs is 1. The molecule has 1 aromatic heterocycles. The smallest absolute Gasteiger partial charge is 0.326 e. The summed E-state index contributed by atoms with van der Waals surface area (Å²) in [5.74, 6) is -7.28. The molecule has 2 heterocycles. The fraction of sp³-hybridized carbons (Fsp3) is 0.508. The number of likely N-dealkylation sites (tertiary alicyclic amines) is 1. The number of nitrogens with one attached hydrogen (secondary N) is 8. The highest BCUT2D eigenvalue weighted by Crippen LogP contribution is 2.23. The van der Waals surface area contributed by atoms with E-state index in [1.54, 1.807) is 81.4 Å². The summed E-state index contributed by atoms with van der Waals surface area (Å²) in [4.78, 5) is 129. The second kappa shape index (κ2) is 29.9. The van der Waals surface area contributed by atoms with Crippen molar-refractivity contribution in [2.45, 2.75) is 155 Å². The van der Waals surface area contributed by atoms with Crippen molar-refractivity contribution in [2.75, 3.05) is 13.1 Å². The highest BCUT2D eigenvalue weighted by Gasteiger charge is 2.40. The number of aromatic amines is 1. The van der Waals surface area contributed by atoms with Gasteiger partial charge in [-0.2, -0.15) is 0 Å². The molecule has 5 rings (SSSR count). The third-order valence-corrected chi connectivity index (χ3v) is 14.2. The lowest BCUT2D eigenvalue weighted by molar-refractivity contribution is -0.143. The second-order valence-electron chi connectivity index (χ2n) is 22.0. The number of carboxylic acid groups (broad SMARTS) is 1. The van der Waals surface area contributed by atoms with E-state index >= 15 is 0 Å². The minimum absolute atomic E-state index is 0.00577. The van der Waals surface area contributed by atoms with Crippen LogP contribution in [0.4, 0.5) is 0 Å². The Hall–Kier alpha value is -7.61. The average Bonchev–Trinajstić information content (AvgIpc) is 4.16. The van der Waals surface area contributed by atoms with E-state index in [9.17, 15) is 48.3 Å². The highest BCUT2D eigenvalue weighted by molar-refractivity contribution is 5.98. The standard InChI is InChI=1S/C59H82N10O10/c1-9-37(8)51(57(76)65-44(27-34(2)3)54(73)67-50(36(6)7)59(78)79)68-55(74)46(30-39-21-14-11-15-22-39)63-49(70)33-62-53(72)45(29-38-19-12-10-13-20-38)64-56(75)48-25-18-26-69(48)58(77)47(28-35(4)5)66-52(71)42(60)31-40-32-61-43-24-17-16-23-41(40)43/h10-17,19-24,32,34-37,42,44-48,50-51,61H,9,18,25-31,33,60H2,1-8H3,(H,62,72)(H,63,70)(H,64,75)(H,65,76)(H,66,71)(H,67,73)(H,68,74)(H,78,79)/t37-,42-,44-,45-,46-,47-,48-,50-,51-/m0/s1. The largest absolute Gasteiger partial charge is 0.480 e. The first-order valence-electron chi connectivity index (χ1n) is 27.6. The first-order chi connectivity index (χ1) is 37.6. The lowest BCUT2D eigenvalue weighted by atomic mass is 9.95. The van der Waals surface area contributed by atoms with Gasteiger partial charge in [-0.25, -0.2) is 4.79 Å². The Morgan fingerprint density at radius 2 is 1.16 bits per heavy atom. The van der Waals surface area contributed by atoms with Crippen LogP contribution >= 0.6 is 0 Å². The molecule has 0 aliphatic carbocycles. The second-order valence-corrected chi connectivity index (χ2v) is 22.0. The van der Waals surface area contributed by atoms with Gasteiger partial charge in [0.15, 0.2) is 0 Å². The molecular formula is C59H82N10O10. The molecular weight excluding hydrogens is 1010 g/mol. The van der Waals surface area contributed by atoms with E-state index in [-0.39, 0.29) is 50.5 Å². The third kappa shape index (κ3) is 18.5. The van der Waals surface area contributed by atoms with E-state index in [0.29, 0.717) is 30.4 Å². The lowest BCUT2D eigenvalue weighted by Gasteiger charge is -2.31. The first kappa shape index (κ1) is 62.2. The number of carbonyl (C=O) groups excluding carboxylic acids is 8. The molecule has 4 aromatic rings. The van der Waals surface area contributed by atoms with Gasteiger partial charge < -0.3 is 57.9 Å². The molecule has 20 heteroatoms. The molecule has 0 saturated carbocycles. The van der Waals surface area contributed by atoms with Crippen molar-refractivity contribution < 1.29 is 48.3 Å². The number of rotatable bonds is 29. The minimum atomic E-state index is -1.26. The quantitative estimate of drug-likeness (QED) is 0.0376. The zero-order valence-electron chi connectivity index (χ0n) is 46.8. The van der Waals surface area contributed by atoms with Crippen LogP contribution in [0.5, 0.6) is 0 Å². The molecule has 0 unspecified atom stereocenters. The maximum Gasteiger partial charge on any atom is 0.326 e. The van der Waals surface area contributed by atoms with Gasteiger partial charge in [-0.3, -0.25) is 38.4 Å². The van der Waals surface area contributed by atoms with Gasteiger partial charge in [0.05, 0.1) is 12.6 Å². The fourth-order valence-electron chi connectivity index (χ4n) is 9.71. The van der Waals surface area contributed by atoms with E-state index in [1.165, 1.54) is 4.90 Å². The third-order valence-electron chi connectivity index (χ3n) is 14.2. The van der Waals surface area contributed by atoms with Gasteiger partial charge in [-0.15, -0.1) is 0 Å². The number of carbonyl (C=O) groups is 9. The highest BCUT2D eigenvalue weighted by atomic mass is 16.4. The van der Waals surface area contributed by atoms with Crippen molar-refractivity contribution in [1.29, 1.82) is 0 Å². The van der Waals surface area contributed by atoms with Crippen LogP contribution in [0.3, 0.4) is 0 Å². The number of hydrogen-bond donors (Lipinski definition) is 10. The van der Waals surface area contributed by atoms with Gasteiger partial charge in [0, 0.05) is 36.5 Å². The molecule has 8 amide bonds. The van der Waals surface area contributed by atoms with Crippen LogP contribution < -0.4 is 43.0 Å². The predicted octanol–water partition coefficient (Wildman–Crippen LogP) is 3.42. The Bertz CT molecular complexity index is 2710. The van der Waals surface area contributed by atoms with Gasteiger partial charge in [-0.05, 0) is 78.5 Å². The predicted molar refractivity (Wildman–Crippen MR) is 300 cm³/mol. The molecule has 3 aromatic carbocycles. The van der Waals surface area contributed by atoms with Crippen LogP contribution in [0.2, 0.25) is 0 Å². The zero-order valence-corrected chi connectivity index (χ0v) is 46.8. The van der Waals surface area contributed by atoms with Crippen LogP contribution in [-0.2, 0) is 62.4 Å². The maximum absolute atomic E-state index is 14.4. The van der Waals surface area contributed by atoms with E-state index < -0.39 is 120 Å². The molecule has 79 heavy (non-hydrogen) atoms. The number of hydrogen-bond acceptors (Lipinski definition) is 10. The first-order valence-corrected chi connectivity index (χ1v) is 27.6. The Morgan fingerprint density at radius 3 is 1.75 bits per heavy atom. The number of H-pyrrole nitrogens is 1. The molecule has 1 aliphatic rings. The van der Waals surface area contributed by atoms with Gasteiger partial charge in [0.2, 0.25) is 47.3 Å². The van der Waals surface area contributed by atoms with Crippen LogP contribution in [0.25, 0.3) is 10.9 Å². The molecule has 0 radical (unpaired) electrons. The van der Waals surface area contributed by atoms with Crippen molar-refractivity contribution in [3.8, 4) is 0 Å². The SMILES string of the molecule is CC[C@H](C)[C@H](NC(=O)[C@H](Cc1ccccc1)NC(=O)CNC(=O)[C@H](Cc1ccccc1)NC(=O)[C@@H]1CCCN1C(=O)[C@H](CC(C)C)NC(=O)[C@@H](N)Cc1c[nH]c2ccccc12)C(=O)N[C@@H](CC(C)C)C(=O)N[C@H](C(=O)O)C(C)C. The number of carboxylic acids is 1. The average molecular weight is 1090 g/mol. The Morgan fingerprint density at radius 1 is 0.620 bits per heavy atom. The number of benzene rings is 3. The normalized spacial score (nSPS) is 16.4. The molecule has 9 atom stereocenters. The number of nitrogens with two attached hydrogens (primary N) is 1. The van der Waals surface area contributed by atoms with Crippen molar-refractivity contribution >= 4 is 64.1 Å². The van der Waals surface area contributed by atoms with Crippen LogP contribution in [0.1, 0.15) is 104 Å². The molecule has 1 saturated heterocycles. The Labute approximate surface area is 463 Å². The summed E-state index contributed by atoms with van der Waals surface area (Å²) in [5, 5.41) is 29.8. The van der Waals surface area contributed by atoms with Gasteiger partial charge >= 0.3 is 5.97 Å². The molecule has 1 fully saturated rings. The maximum atomic E-state index is 14.4. The zero-order chi connectivity index (χ0) is 57.9. The summed E-state index contributed by atoms with van der Waals surface area (Å²) in [6.45, 7) is 14.1. The molecule has 0 bridgehead atoms. The van der Waals surface area contributed by atoms with E-state index in [4.69, 9.17) is 5.73 Å². The van der Waals surface area contributed by atoms with Crippen molar-refractivity contribution in [2.24, 2.45) is 29.4 Å². The summed E-state index contributed by atoms with van der Waals surface area (Å²) in [7, 11) is 0. The topological polar surface area (TPSA) is 303 Å². The molecule has 428 valence electrons. The Kier molecular flexibility index (Phi) is 23.6. The van der Waals surface area contributed by atoms with Gasteiger partial charge in [0.1, 0.15) is 42.3 Å². The summed E-state index contributed by atoms with van der Waals surface area (Å²) < 4.78 is 0. The van der Waals surface area contributed by atoms with Crippen molar-refractivity contribution in [3.63, 3.8) is 0 Å². The van der Waals surface area contributed by atoms with Crippen molar-refractivity contribution in [1.82, 2.24) is 47.1 Å². The summed E-state index contributed by atoms with van der Waals surface area (Å²) >= 11 is 0. The van der Waals surface area contributed by atoms with Gasteiger partial charge in [-0.1, -0.05) is 141 Å². The van der Waals surface area contributed by atoms with E-state index in [2.05, 4.69) is 42.2 Å². The number of nitrogens with zero attached hydrogens (tertiary/aromatic N) is 1. The summed E-state index contributed by atoms with van der Waals surface area (Å²) in [5.41, 5.74) is 9.58. The fourth-order valence-corrected chi connectivity index (χ4v) is 9.71. The number of aromatic nitrogens is 1. The number of aliphatic carboxylic acids is 1. The molecule has 0 spiro atoms. The van der Waals surface area contributed by atoms with Crippen LogP contribution in [-0.4, -0.2) is 130 Å². The minimum Gasteiger partial charge on any atom is -0.480 e. The van der Waals surface area contributed by atoms with Crippen molar-refractivity contribution in [3.05, 3.63) is 108 Å². The lowest BCUT2D eigenvalue weighted by Crippen LogP contribution is -2.60. The number of para-hydroxylation sites is 1. The molecule has 20 nitrogen and oxygen atoms in total. The Balaban J connectivity index is 1.28. The summed E-state index contributed by atoms with van der Waals surface area (Å²) in [6, 6.07) is 16.6. The number of amides is 8. The van der Waals surface area contributed by atoms with E-state index in [1.807, 2.05) is 65.1 Å². The van der Waals surface area contributed by atoms with Gasteiger partial charge in [0.25, 0.3) is 0 Å².